The maximum absolute atomic E-state index is 2.82. The smallest absolute Gasteiger partial charge is 0.179 e. The van der Waals surface area contributed by atoms with Crippen molar-refractivity contribution in [1.29, 1.82) is 0 Å². The van der Waals surface area contributed by atoms with E-state index in [1.165, 1.54) is 99.7 Å². The molecule has 0 unspecified atom stereocenters. The van der Waals surface area contributed by atoms with Crippen LogP contribution in [0, 0.1) is 0 Å². The Hall–Kier alpha value is -6.42. The molecule has 3 heteroatoms. The fourth-order valence-corrected chi connectivity index (χ4v) is 15.5. The number of benzene rings is 8. The summed E-state index contributed by atoms with van der Waals surface area (Å²) in [4.78, 5) is 0. The average molecular weight is 777 g/mol. The number of aromatic nitrogens is 2. The summed E-state index contributed by atoms with van der Waals surface area (Å²) in [5, 5.41) is 10.6. The van der Waals surface area contributed by atoms with Crippen molar-refractivity contribution in [2.24, 2.45) is 0 Å². The molecule has 2 nitrogen and oxygen atoms in total. The van der Waals surface area contributed by atoms with Crippen molar-refractivity contribution in [3.8, 4) is 11.4 Å². The number of hydrogen-bond donors (Lipinski definition) is 0. The first-order valence-corrected chi connectivity index (χ1v) is 23.2. The molecular formula is C56H48N2Si. The third kappa shape index (κ3) is 5.31. The molecule has 0 bridgehead atoms. The molecule has 1 aliphatic rings. The number of hydrogen-bond acceptors (Lipinski definition) is 0. The minimum absolute atomic E-state index is 0.0893. The zero-order valence-electron chi connectivity index (χ0n) is 34.3. The van der Waals surface area contributed by atoms with Gasteiger partial charge in [0.25, 0.3) is 0 Å². The monoisotopic (exact) mass is 776 g/mol. The van der Waals surface area contributed by atoms with Crippen LogP contribution < -0.4 is 20.7 Å². The van der Waals surface area contributed by atoms with Crippen LogP contribution >= 0.6 is 0 Å². The first-order valence-electron chi connectivity index (χ1n) is 21.2. The molecule has 11 rings (SSSR count). The van der Waals surface area contributed by atoms with Gasteiger partial charge in [0.05, 0.1) is 22.1 Å². The third-order valence-electron chi connectivity index (χ3n) is 13.7. The predicted molar refractivity (Wildman–Crippen MR) is 254 cm³/mol. The Bertz CT molecular complexity index is 3090. The molecule has 0 N–H and O–H groups in total. The van der Waals surface area contributed by atoms with Crippen LogP contribution in [0.2, 0.25) is 0 Å². The quantitative estimate of drug-likeness (QED) is 0.118. The van der Waals surface area contributed by atoms with Crippen molar-refractivity contribution in [2.75, 3.05) is 0 Å². The number of rotatable bonds is 6. The number of para-hydroxylation sites is 2. The van der Waals surface area contributed by atoms with Crippen molar-refractivity contribution in [2.45, 2.75) is 51.4 Å². The molecule has 0 saturated heterocycles. The zero-order chi connectivity index (χ0) is 39.9. The lowest BCUT2D eigenvalue weighted by Crippen LogP contribution is -2.74. The van der Waals surface area contributed by atoms with Gasteiger partial charge in [-0.05, 0) is 98.0 Å². The van der Waals surface area contributed by atoms with Crippen LogP contribution in [0.25, 0.3) is 55.0 Å². The topological polar surface area (TPSA) is 9.86 Å². The highest BCUT2D eigenvalue weighted by Crippen LogP contribution is 2.48. The standard InChI is InChI=1S/C56H48N2Si/c1-55(2)35-36-56(3,4)49-37-40(29-32-48(49)55)57-51-33-30-44(59(41-21-11-6-12-22-41,42-23-13-7-14-24-42)43-25-15-8-16-26-43)38-47(51)53-52(57)34-31-46-45-27-17-18-28-50(45)58(54(46)53)39-19-9-5-10-20-39/h5-34,37-38H,35-36H2,1-4H3. The average Bonchev–Trinajstić information content (AvgIpc) is 3.80. The normalized spacial score (nSPS) is 14.9. The highest BCUT2D eigenvalue weighted by molar-refractivity contribution is 7.20. The Kier molecular flexibility index (Phi) is 8.06. The lowest BCUT2D eigenvalue weighted by molar-refractivity contribution is 0.332. The molecule has 8 aromatic carbocycles. The summed E-state index contributed by atoms with van der Waals surface area (Å²) in [6, 6.07) is 73.4. The van der Waals surface area contributed by atoms with E-state index in [0.717, 1.165) is 0 Å². The maximum Gasteiger partial charge on any atom is 0.179 e. The van der Waals surface area contributed by atoms with Crippen molar-refractivity contribution >= 4 is 72.4 Å². The summed E-state index contributed by atoms with van der Waals surface area (Å²) in [6.07, 6.45) is 2.37. The first kappa shape index (κ1) is 35.7. The Balaban J connectivity index is 1.32. The van der Waals surface area contributed by atoms with E-state index in [9.17, 15) is 0 Å². The maximum atomic E-state index is 2.59. The van der Waals surface area contributed by atoms with Crippen LogP contribution in [-0.4, -0.2) is 17.2 Å². The number of nitrogens with zero attached hydrogens (tertiary/aromatic N) is 2. The van der Waals surface area contributed by atoms with E-state index in [2.05, 4.69) is 231 Å². The summed E-state index contributed by atoms with van der Waals surface area (Å²) in [5.74, 6) is 0. The Morgan fingerprint density at radius 1 is 0.373 bits per heavy atom. The molecule has 0 atom stereocenters. The lowest BCUT2D eigenvalue weighted by Gasteiger charge is -2.42. The highest BCUT2D eigenvalue weighted by Gasteiger charge is 2.42. The second-order valence-electron chi connectivity index (χ2n) is 18.0. The molecule has 2 heterocycles. The SMILES string of the molecule is CC1(C)CCC(C)(C)c2cc(-n3c4ccc([Si](c5ccccc5)(c5ccccc5)c5ccccc5)cc4c4c3ccc3c5ccccc5n(-c5ccccc5)c34)ccc21. The van der Waals surface area contributed by atoms with Crippen LogP contribution in [0.1, 0.15) is 51.7 Å². The van der Waals surface area contributed by atoms with Crippen molar-refractivity contribution in [3.05, 3.63) is 205 Å². The van der Waals surface area contributed by atoms with Gasteiger partial charge in [-0.25, -0.2) is 0 Å². The molecule has 0 spiro atoms. The molecular weight excluding hydrogens is 729 g/mol. The molecule has 2 aromatic heterocycles. The molecule has 0 saturated carbocycles. The summed E-state index contributed by atoms with van der Waals surface area (Å²) < 4.78 is 5.08. The summed E-state index contributed by atoms with van der Waals surface area (Å²) in [7, 11) is -2.82. The van der Waals surface area contributed by atoms with Crippen molar-refractivity contribution in [1.82, 2.24) is 9.13 Å². The zero-order valence-corrected chi connectivity index (χ0v) is 35.3. The van der Waals surface area contributed by atoms with Gasteiger partial charge in [0.2, 0.25) is 0 Å². The molecule has 286 valence electrons. The van der Waals surface area contributed by atoms with E-state index in [-0.39, 0.29) is 10.8 Å². The van der Waals surface area contributed by atoms with Gasteiger partial charge in [0, 0.05) is 32.9 Å². The predicted octanol–water partition coefficient (Wildman–Crippen LogP) is 11.6. The largest absolute Gasteiger partial charge is 0.309 e. The van der Waals surface area contributed by atoms with Gasteiger partial charge in [-0.3, -0.25) is 0 Å². The van der Waals surface area contributed by atoms with Crippen LogP contribution in [0.4, 0.5) is 0 Å². The van der Waals surface area contributed by atoms with E-state index < -0.39 is 8.07 Å². The van der Waals surface area contributed by atoms with Crippen LogP contribution in [-0.2, 0) is 10.8 Å². The molecule has 0 aliphatic heterocycles. The Morgan fingerprint density at radius 2 is 0.898 bits per heavy atom. The van der Waals surface area contributed by atoms with Crippen LogP contribution in [0.15, 0.2) is 194 Å². The van der Waals surface area contributed by atoms with Crippen LogP contribution in [0.3, 0.4) is 0 Å². The second-order valence-corrected chi connectivity index (χ2v) is 21.8. The van der Waals surface area contributed by atoms with Gasteiger partial charge >= 0.3 is 0 Å². The first-order chi connectivity index (χ1) is 28.8. The van der Waals surface area contributed by atoms with Gasteiger partial charge in [-0.15, -0.1) is 0 Å². The van der Waals surface area contributed by atoms with E-state index in [4.69, 9.17) is 0 Å². The van der Waals surface area contributed by atoms with E-state index in [1.807, 2.05) is 0 Å². The molecule has 0 fully saturated rings. The van der Waals surface area contributed by atoms with E-state index in [1.54, 1.807) is 0 Å². The lowest BCUT2D eigenvalue weighted by atomic mass is 9.63. The van der Waals surface area contributed by atoms with Crippen LogP contribution in [0.5, 0.6) is 0 Å². The van der Waals surface area contributed by atoms with Crippen molar-refractivity contribution in [3.63, 3.8) is 0 Å². The van der Waals surface area contributed by atoms with Gasteiger partial charge in [0.15, 0.2) is 8.07 Å². The highest BCUT2D eigenvalue weighted by atomic mass is 28.3. The number of fused-ring (bicyclic) bond motifs is 8. The molecule has 59 heavy (non-hydrogen) atoms. The van der Waals surface area contributed by atoms with Crippen molar-refractivity contribution < 1.29 is 0 Å². The second kappa shape index (κ2) is 13.3. The minimum atomic E-state index is -2.82. The fraction of sp³-hybridized carbons (Fsp3) is 0.143. The summed E-state index contributed by atoms with van der Waals surface area (Å²) in [6.45, 7) is 9.71. The van der Waals surface area contributed by atoms with Gasteiger partial charge in [-0.1, -0.05) is 179 Å². The Labute approximate surface area is 348 Å². The summed E-state index contributed by atoms with van der Waals surface area (Å²) >= 11 is 0. The van der Waals surface area contributed by atoms with Gasteiger partial charge in [0.1, 0.15) is 0 Å². The van der Waals surface area contributed by atoms with Gasteiger partial charge in [-0.2, -0.15) is 0 Å². The minimum Gasteiger partial charge on any atom is -0.309 e. The summed E-state index contributed by atoms with van der Waals surface area (Å²) in [5.41, 5.74) is 10.5. The molecule has 0 radical (unpaired) electrons. The molecule has 0 amide bonds. The fourth-order valence-electron chi connectivity index (χ4n) is 10.7. The van der Waals surface area contributed by atoms with E-state index >= 15 is 0 Å². The van der Waals surface area contributed by atoms with Gasteiger partial charge < -0.3 is 9.13 Å². The third-order valence-corrected chi connectivity index (χ3v) is 18.5. The molecule has 1 aliphatic carbocycles. The Morgan fingerprint density at radius 3 is 1.53 bits per heavy atom. The molecule has 10 aromatic rings. The van der Waals surface area contributed by atoms with E-state index in [0.29, 0.717) is 0 Å².